The first-order valence-corrected chi connectivity index (χ1v) is 7.79. The van der Waals surface area contributed by atoms with Crippen LogP contribution in [0.3, 0.4) is 0 Å². The Morgan fingerprint density at radius 1 is 1.29 bits per heavy atom. The van der Waals surface area contributed by atoms with E-state index in [1.165, 1.54) is 11.1 Å². The maximum atomic E-state index is 11.4. The summed E-state index contributed by atoms with van der Waals surface area (Å²) in [4.78, 5) is 11.4. The Labute approximate surface area is 132 Å². The van der Waals surface area contributed by atoms with Crippen molar-refractivity contribution in [3.05, 3.63) is 63.6 Å². The zero-order valence-corrected chi connectivity index (χ0v) is 13.4. The highest BCUT2D eigenvalue weighted by molar-refractivity contribution is 9.10. The molecule has 108 valence electrons. The molecular formula is C17H17BrN2O. The quantitative estimate of drug-likeness (QED) is 0.891. The van der Waals surface area contributed by atoms with Gasteiger partial charge in [-0.05, 0) is 48.4 Å². The van der Waals surface area contributed by atoms with Gasteiger partial charge in [-0.25, -0.2) is 0 Å². The van der Waals surface area contributed by atoms with E-state index in [0.717, 1.165) is 22.1 Å². The van der Waals surface area contributed by atoms with E-state index in [1.54, 1.807) is 0 Å². The number of rotatable bonds is 4. The van der Waals surface area contributed by atoms with Crippen molar-refractivity contribution in [3.63, 3.8) is 0 Å². The minimum absolute atomic E-state index is 0.0788. The SMILES string of the molecule is CNC(Cc1cccc(Br)c1)c1ccc2c(c1)CC(=O)N2. The number of nitrogens with one attached hydrogen (secondary N) is 2. The van der Waals surface area contributed by atoms with E-state index >= 15 is 0 Å². The lowest BCUT2D eigenvalue weighted by Gasteiger charge is -2.18. The summed E-state index contributed by atoms with van der Waals surface area (Å²) in [5.41, 5.74) is 4.53. The monoisotopic (exact) mass is 344 g/mol. The van der Waals surface area contributed by atoms with Gasteiger partial charge in [0.25, 0.3) is 0 Å². The number of fused-ring (bicyclic) bond motifs is 1. The molecule has 3 nitrogen and oxygen atoms in total. The molecule has 0 saturated carbocycles. The second-order valence-corrected chi connectivity index (χ2v) is 6.23. The van der Waals surface area contributed by atoms with Crippen LogP contribution in [0.2, 0.25) is 0 Å². The molecule has 1 amide bonds. The Morgan fingerprint density at radius 2 is 2.14 bits per heavy atom. The van der Waals surface area contributed by atoms with Crippen LogP contribution in [-0.4, -0.2) is 13.0 Å². The molecule has 0 saturated heterocycles. The minimum atomic E-state index is 0.0788. The number of anilines is 1. The second-order valence-electron chi connectivity index (χ2n) is 5.32. The van der Waals surface area contributed by atoms with Crippen LogP contribution in [0.15, 0.2) is 46.9 Å². The Balaban J connectivity index is 1.84. The molecule has 0 radical (unpaired) electrons. The third-order valence-corrected chi connectivity index (χ3v) is 4.33. The smallest absolute Gasteiger partial charge is 0.228 e. The first-order valence-electron chi connectivity index (χ1n) is 7.00. The molecule has 0 fully saturated rings. The molecule has 1 aliphatic rings. The second kappa shape index (κ2) is 6.00. The summed E-state index contributed by atoms with van der Waals surface area (Å²) in [7, 11) is 1.97. The predicted octanol–water partition coefficient (Wildman–Crippen LogP) is 3.45. The maximum absolute atomic E-state index is 11.4. The van der Waals surface area contributed by atoms with Gasteiger partial charge in [0.1, 0.15) is 0 Å². The van der Waals surface area contributed by atoms with Crippen LogP contribution in [-0.2, 0) is 17.6 Å². The van der Waals surface area contributed by atoms with Gasteiger partial charge in [0.15, 0.2) is 0 Å². The average Bonchev–Trinajstić information content (AvgIpc) is 2.84. The average molecular weight is 345 g/mol. The summed E-state index contributed by atoms with van der Waals surface area (Å²) in [5.74, 6) is 0.0788. The minimum Gasteiger partial charge on any atom is -0.326 e. The van der Waals surface area contributed by atoms with Gasteiger partial charge in [-0.1, -0.05) is 40.2 Å². The molecule has 3 rings (SSSR count). The standard InChI is InChI=1S/C17H17BrN2O/c1-19-16(8-11-3-2-4-14(18)7-11)12-5-6-15-13(9-12)10-17(21)20-15/h2-7,9,16,19H,8,10H2,1H3,(H,20,21). The highest BCUT2D eigenvalue weighted by Crippen LogP contribution is 2.28. The summed E-state index contributed by atoms with van der Waals surface area (Å²) >= 11 is 3.51. The molecule has 21 heavy (non-hydrogen) atoms. The number of hydrogen-bond donors (Lipinski definition) is 2. The molecule has 0 aliphatic carbocycles. The molecule has 1 aliphatic heterocycles. The summed E-state index contributed by atoms with van der Waals surface area (Å²) in [5, 5.41) is 6.24. The van der Waals surface area contributed by atoms with Gasteiger partial charge < -0.3 is 10.6 Å². The Kier molecular flexibility index (Phi) is 4.08. The number of carbonyl (C=O) groups is 1. The van der Waals surface area contributed by atoms with Gasteiger partial charge in [-0.2, -0.15) is 0 Å². The molecule has 2 aromatic rings. The van der Waals surface area contributed by atoms with Crippen LogP contribution in [0.4, 0.5) is 5.69 Å². The first-order chi connectivity index (χ1) is 10.2. The number of amides is 1. The van der Waals surface area contributed by atoms with Crippen LogP contribution in [0.5, 0.6) is 0 Å². The van der Waals surface area contributed by atoms with Crippen LogP contribution in [0, 0.1) is 0 Å². The van der Waals surface area contributed by atoms with Gasteiger partial charge >= 0.3 is 0 Å². The Morgan fingerprint density at radius 3 is 2.90 bits per heavy atom. The Bertz CT molecular complexity index is 684. The fourth-order valence-electron chi connectivity index (χ4n) is 2.75. The molecule has 4 heteroatoms. The van der Waals surface area contributed by atoms with E-state index in [-0.39, 0.29) is 11.9 Å². The number of benzene rings is 2. The molecule has 0 bridgehead atoms. The normalized spacial score (nSPS) is 14.7. The highest BCUT2D eigenvalue weighted by Gasteiger charge is 2.19. The number of carbonyl (C=O) groups excluding carboxylic acids is 1. The van der Waals surface area contributed by atoms with Crippen LogP contribution < -0.4 is 10.6 Å². The molecule has 0 aromatic heterocycles. The molecule has 2 aromatic carbocycles. The van der Waals surface area contributed by atoms with Crippen molar-refractivity contribution < 1.29 is 4.79 Å². The molecule has 0 spiro atoms. The van der Waals surface area contributed by atoms with Crippen molar-refractivity contribution in [3.8, 4) is 0 Å². The summed E-state index contributed by atoms with van der Waals surface area (Å²) in [6.45, 7) is 0. The number of halogens is 1. The largest absolute Gasteiger partial charge is 0.326 e. The van der Waals surface area contributed by atoms with Crippen molar-refractivity contribution in [2.45, 2.75) is 18.9 Å². The van der Waals surface area contributed by atoms with Gasteiger partial charge in [0.05, 0.1) is 6.42 Å². The zero-order chi connectivity index (χ0) is 14.8. The maximum Gasteiger partial charge on any atom is 0.228 e. The third-order valence-electron chi connectivity index (χ3n) is 3.83. The highest BCUT2D eigenvalue weighted by atomic mass is 79.9. The number of hydrogen-bond acceptors (Lipinski definition) is 2. The first kappa shape index (κ1) is 14.3. The van der Waals surface area contributed by atoms with E-state index < -0.39 is 0 Å². The van der Waals surface area contributed by atoms with Crippen molar-refractivity contribution in [2.75, 3.05) is 12.4 Å². The van der Waals surface area contributed by atoms with Crippen LogP contribution in [0.1, 0.15) is 22.7 Å². The Hall–Kier alpha value is -1.65. The summed E-state index contributed by atoms with van der Waals surface area (Å²) in [6.07, 6.45) is 1.40. The van der Waals surface area contributed by atoms with Crippen molar-refractivity contribution in [1.82, 2.24) is 5.32 Å². The molecule has 2 N–H and O–H groups in total. The molecule has 1 atom stereocenters. The predicted molar refractivity (Wildman–Crippen MR) is 88.4 cm³/mol. The molecule has 1 heterocycles. The lowest BCUT2D eigenvalue weighted by Crippen LogP contribution is -2.19. The van der Waals surface area contributed by atoms with Crippen molar-refractivity contribution in [1.29, 1.82) is 0 Å². The number of likely N-dealkylation sites (N-methyl/N-ethyl adjacent to an activating group) is 1. The third kappa shape index (κ3) is 3.17. The fraction of sp³-hybridized carbons (Fsp3) is 0.235. The van der Waals surface area contributed by atoms with Gasteiger partial charge in [-0.15, -0.1) is 0 Å². The van der Waals surface area contributed by atoms with E-state index in [1.807, 2.05) is 19.2 Å². The van der Waals surface area contributed by atoms with Gasteiger partial charge in [0.2, 0.25) is 5.91 Å². The van der Waals surface area contributed by atoms with E-state index in [0.29, 0.717) is 6.42 Å². The van der Waals surface area contributed by atoms with Crippen molar-refractivity contribution in [2.24, 2.45) is 0 Å². The fourth-order valence-corrected chi connectivity index (χ4v) is 3.20. The van der Waals surface area contributed by atoms with Crippen LogP contribution in [0.25, 0.3) is 0 Å². The van der Waals surface area contributed by atoms with E-state index in [9.17, 15) is 4.79 Å². The van der Waals surface area contributed by atoms with Crippen LogP contribution >= 0.6 is 15.9 Å². The van der Waals surface area contributed by atoms with E-state index in [4.69, 9.17) is 0 Å². The van der Waals surface area contributed by atoms with Crippen molar-refractivity contribution >= 4 is 27.5 Å². The zero-order valence-electron chi connectivity index (χ0n) is 11.8. The molecule has 1 unspecified atom stereocenters. The topological polar surface area (TPSA) is 41.1 Å². The summed E-state index contributed by atoms with van der Waals surface area (Å²) < 4.78 is 1.10. The summed E-state index contributed by atoms with van der Waals surface area (Å²) in [6, 6.07) is 14.8. The lowest BCUT2D eigenvalue weighted by molar-refractivity contribution is -0.115. The molecular weight excluding hydrogens is 328 g/mol. The lowest BCUT2D eigenvalue weighted by atomic mass is 9.97. The van der Waals surface area contributed by atoms with Gasteiger partial charge in [-0.3, -0.25) is 4.79 Å². The van der Waals surface area contributed by atoms with Gasteiger partial charge in [0, 0.05) is 16.2 Å². The van der Waals surface area contributed by atoms with E-state index in [2.05, 4.69) is 56.9 Å².